The first kappa shape index (κ1) is 38.1. The number of benzene rings is 2. The highest BCUT2D eigenvalue weighted by atomic mass is 16.5. The third kappa shape index (κ3) is 13.0. The lowest BCUT2D eigenvalue weighted by Crippen LogP contribution is -2.59. The highest BCUT2D eigenvalue weighted by molar-refractivity contribution is 6.39. The lowest BCUT2D eigenvalue weighted by molar-refractivity contribution is -0.143. The van der Waals surface area contributed by atoms with Gasteiger partial charge in [0.25, 0.3) is 5.91 Å². The minimum absolute atomic E-state index is 0.00578. The average Bonchev–Trinajstić information content (AvgIpc) is 3.02. The smallest absolute Gasteiger partial charge is 0.405 e. The molecule has 4 atom stereocenters. The van der Waals surface area contributed by atoms with Crippen molar-refractivity contribution in [3.63, 3.8) is 0 Å². The summed E-state index contributed by atoms with van der Waals surface area (Å²) < 4.78 is 10.7. The summed E-state index contributed by atoms with van der Waals surface area (Å²) in [4.78, 5) is 76.3. The number of nitrogens with two attached hydrogens (primary N) is 1. The van der Waals surface area contributed by atoms with Gasteiger partial charge in [0.05, 0.1) is 26.4 Å². The van der Waals surface area contributed by atoms with Crippen molar-refractivity contribution in [3.8, 4) is 0 Å². The molecule has 0 radical (unpaired) electrons. The molecule has 14 heteroatoms. The zero-order valence-electron chi connectivity index (χ0n) is 26.5. The first-order valence-electron chi connectivity index (χ1n) is 14.9. The second-order valence-electron chi connectivity index (χ2n) is 11.1. The topological polar surface area (TPSA) is 215 Å². The van der Waals surface area contributed by atoms with Crippen molar-refractivity contribution in [1.29, 1.82) is 0 Å². The summed E-state index contributed by atoms with van der Waals surface area (Å²) in [5.41, 5.74) is 6.32. The third-order valence-electron chi connectivity index (χ3n) is 6.75. The van der Waals surface area contributed by atoms with Gasteiger partial charge in [-0.1, -0.05) is 68.5 Å². The van der Waals surface area contributed by atoms with Gasteiger partial charge >= 0.3 is 6.09 Å². The molecule has 254 valence electrons. The quantitative estimate of drug-likeness (QED) is 0.0642. The first-order valence-corrected chi connectivity index (χ1v) is 14.9. The molecule has 0 saturated heterocycles. The van der Waals surface area contributed by atoms with Gasteiger partial charge in [-0.05, 0) is 28.7 Å². The summed E-state index contributed by atoms with van der Waals surface area (Å²) in [7, 11) is 0. The lowest BCUT2D eigenvalue weighted by Gasteiger charge is -2.24. The fraction of sp³-hybridized carbons (Fsp3) is 0.394. The number of fused-ring (bicyclic) bond motifs is 1. The molecule has 0 saturated carbocycles. The highest BCUT2D eigenvalue weighted by Gasteiger charge is 2.34. The maximum Gasteiger partial charge on any atom is 0.405 e. The van der Waals surface area contributed by atoms with Gasteiger partial charge in [-0.25, -0.2) is 4.79 Å². The van der Waals surface area contributed by atoms with Crippen LogP contribution in [0.3, 0.4) is 0 Å². The van der Waals surface area contributed by atoms with E-state index >= 15 is 0 Å². The summed E-state index contributed by atoms with van der Waals surface area (Å²) in [5, 5.41) is 20.4. The second-order valence-corrected chi connectivity index (χ2v) is 11.1. The van der Waals surface area contributed by atoms with Gasteiger partial charge in [0.2, 0.25) is 23.5 Å². The highest BCUT2D eigenvalue weighted by Crippen LogP contribution is 2.17. The Labute approximate surface area is 273 Å². The van der Waals surface area contributed by atoms with E-state index in [4.69, 9.17) is 20.3 Å². The Morgan fingerprint density at radius 2 is 1.36 bits per heavy atom. The minimum atomic E-state index is -1.54. The number of rotatable bonds is 21. The number of hydrogen-bond acceptors (Lipinski definition) is 8. The number of carbonyl (C=O) groups is 6. The van der Waals surface area contributed by atoms with Crippen LogP contribution in [-0.2, 0) is 39.9 Å². The van der Waals surface area contributed by atoms with Gasteiger partial charge in [-0.2, -0.15) is 0 Å². The van der Waals surface area contributed by atoms with Crippen molar-refractivity contribution in [3.05, 3.63) is 73.3 Å². The van der Waals surface area contributed by atoms with Crippen LogP contribution in [0.1, 0.15) is 25.8 Å². The standard InChI is InChI=1S/C33H43N5O9/c1-5-13-46-18-26(36-30(41)25(15-20(3)4)38-33(44)45)28(39)32(43)37-27(19-47-14-6-2)31(42)35-24(29(34)40)17-21-11-12-22-9-7-8-10-23(22)16-21/h5-12,16,20,24-27,38H,1-2,13-15,17-19H2,3-4H3,(H2,34,40)(H,35,42)(H,36,41)(H,37,43)(H,44,45)/t24-,25-,26?,27-/m0/s1. The fourth-order valence-electron chi connectivity index (χ4n) is 4.51. The van der Waals surface area contributed by atoms with E-state index in [1.807, 2.05) is 36.4 Å². The number of hydrogen-bond donors (Lipinski definition) is 6. The van der Waals surface area contributed by atoms with Crippen LogP contribution in [0.25, 0.3) is 10.8 Å². The molecule has 0 aliphatic heterocycles. The molecule has 0 aromatic heterocycles. The summed E-state index contributed by atoms with van der Waals surface area (Å²) in [6, 6.07) is 7.75. The predicted molar refractivity (Wildman–Crippen MR) is 174 cm³/mol. The van der Waals surface area contributed by atoms with Crippen LogP contribution in [0.15, 0.2) is 67.8 Å². The molecule has 47 heavy (non-hydrogen) atoms. The van der Waals surface area contributed by atoms with E-state index in [9.17, 15) is 28.8 Å². The van der Waals surface area contributed by atoms with Crippen LogP contribution in [-0.4, -0.2) is 91.2 Å². The Morgan fingerprint density at radius 3 is 1.94 bits per heavy atom. The third-order valence-corrected chi connectivity index (χ3v) is 6.75. The van der Waals surface area contributed by atoms with Crippen molar-refractivity contribution >= 4 is 46.3 Å². The summed E-state index contributed by atoms with van der Waals surface area (Å²) in [6.45, 7) is 9.73. The number of amides is 5. The number of carboxylic acid groups (broad SMARTS) is 1. The summed E-state index contributed by atoms with van der Waals surface area (Å²) in [5.74, 6) is -5.07. The maximum absolute atomic E-state index is 13.3. The molecule has 0 aliphatic rings. The molecule has 5 amide bonds. The molecule has 0 heterocycles. The molecule has 2 rings (SSSR count). The van der Waals surface area contributed by atoms with E-state index in [0.29, 0.717) is 0 Å². The van der Waals surface area contributed by atoms with Crippen LogP contribution >= 0.6 is 0 Å². The zero-order valence-corrected chi connectivity index (χ0v) is 26.5. The van der Waals surface area contributed by atoms with Crippen molar-refractivity contribution in [2.75, 3.05) is 26.4 Å². The van der Waals surface area contributed by atoms with E-state index in [2.05, 4.69) is 34.4 Å². The van der Waals surface area contributed by atoms with E-state index in [-0.39, 0.29) is 32.0 Å². The zero-order chi connectivity index (χ0) is 34.9. The lowest BCUT2D eigenvalue weighted by atomic mass is 10.0. The van der Waals surface area contributed by atoms with Gasteiger partial charge in [0.1, 0.15) is 24.2 Å². The van der Waals surface area contributed by atoms with Crippen molar-refractivity contribution in [2.24, 2.45) is 11.7 Å². The van der Waals surface area contributed by atoms with Gasteiger partial charge in [0, 0.05) is 6.42 Å². The second kappa shape index (κ2) is 19.4. The summed E-state index contributed by atoms with van der Waals surface area (Å²) in [6.07, 6.45) is 1.52. The number of ketones is 1. The van der Waals surface area contributed by atoms with Crippen molar-refractivity contribution in [1.82, 2.24) is 21.3 Å². The Kier molecular flexibility index (Phi) is 15.8. The number of nitrogens with one attached hydrogen (secondary N) is 4. The van der Waals surface area contributed by atoms with Gasteiger partial charge in [0.15, 0.2) is 0 Å². The molecule has 2 aromatic rings. The molecule has 0 aliphatic carbocycles. The average molecular weight is 654 g/mol. The van der Waals surface area contributed by atoms with Gasteiger partial charge in [-0.3, -0.25) is 24.0 Å². The molecule has 1 unspecified atom stereocenters. The van der Waals surface area contributed by atoms with Crippen LogP contribution in [0.5, 0.6) is 0 Å². The molecule has 7 N–H and O–H groups in total. The Balaban J connectivity index is 2.23. The number of carbonyl (C=O) groups excluding carboxylic acids is 5. The van der Waals surface area contributed by atoms with E-state index in [1.54, 1.807) is 19.9 Å². The SMILES string of the molecule is C=CCOCC(NC(=O)[C@H](CC(C)C)NC(=O)O)C(=O)C(=O)N[C@@H](COCC=C)C(=O)N[C@@H](Cc1ccc2ccccc2c1)C(N)=O. The van der Waals surface area contributed by atoms with E-state index < -0.39 is 72.9 Å². The Bertz CT molecular complexity index is 1440. The van der Waals surface area contributed by atoms with Crippen molar-refractivity contribution in [2.45, 2.75) is 50.9 Å². The molecule has 2 aromatic carbocycles. The Morgan fingerprint density at radius 1 is 0.787 bits per heavy atom. The number of primary amides is 1. The molecule has 0 spiro atoms. The first-order chi connectivity index (χ1) is 22.4. The van der Waals surface area contributed by atoms with Gasteiger partial charge < -0.3 is 41.6 Å². The Hall–Kier alpha value is -5.08. The van der Waals surface area contributed by atoms with Crippen LogP contribution in [0.2, 0.25) is 0 Å². The number of Topliss-reactive ketones (excluding diaryl/α,β-unsaturated/α-hetero) is 1. The molecular formula is C33H43N5O9. The fourth-order valence-corrected chi connectivity index (χ4v) is 4.51. The summed E-state index contributed by atoms with van der Waals surface area (Å²) >= 11 is 0. The molecular weight excluding hydrogens is 610 g/mol. The largest absolute Gasteiger partial charge is 0.465 e. The minimum Gasteiger partial charge on any atom is -0.465 e. The van der Waals surface area contributed by atoms with Crippen LogP contribution in [0, 0.1) is 5.92 Å². The van der Waals surface area contributed by atoms with E-state index in [0.717, 1.165) is 16.3 Å². The van der Waals surface area contributed by atoms with Crippen LogP contribution in [0.4, 0.5) is 4.79 Å². The van der Waals surface area contributed by atoms with Crippen LogP contribution < -0.4 is 27.0 Å². The molecule has 0 fully saturated rings. The molecule has 0 bridgehead atoms. The van der Waals surface area contributed by atoms with Gasteiger partial charge in [-0.15, -0.1) is 13.2 Å². The molecule has 14 nitrogen and oxygen atoms in total. The maximum atomic E-state index is 13.3. The monoisotopic (exact) mass is 653 g/mol. The predicted octanol–water partition coefficient (Wildman–Crippen LogP) is 0.979. The van der Waals surface area contributed by atoms with E-state index in [1.165, 1.54) is 12.2 Å². The van der Waals surface area contributed by atoms with Crippen molar-refractivity contribution < 1.29 is 43.3 Å². The normalized spacial score (nSPS) is 13.4. The number of ether oxygens (including phenoxy) is 2.